The number of pyridine rings is 2. The van der Waals surface area contributed by atoms with Gasteiger partial charge in [-0.05, 0) is 37.5 Å². The molecule has 37 heavy (non-hydrogen) atoms. The first-order valence-corrected chi connectivity index (χ1v) is 12.7. The Morgan fingerprint density at radius 1 is 1.16 bits per heavy atom. The Morgan fingerprint density at radius 3 is 2.70 bits per heavy atom. The zero-order chi connectivity index (χ0) is 25.9. The smallest absolute Gasteiger partial charge is 0.328 e. The van der Waals surface area contributed by atoms with Gasteiger partial charge in [-0.15, -0.1) is 0 Å². The number of carboxylic acid groups (broad SMARTS) is 1. The number of carbonyl (C=O) groups excluding carboxylic acids is 2. The average Bonchev–Trinajstić information content (AvgIpc) is 3.50. The molecule has 2 saturated heterocycles. The minimum Gasteiger partial charge on any atom is -0.480 e. The van der Waals surface area contributed by atoms with Crippen molar-refractivity contribution in [3.63, 3.8) is 0 Å². The lowest BCUT2D eigenvalue weighted by Gasteiger charge is -2.29. The number of amides is 3. The molecule has 2 aliphatic heterocycles. The number of thiazole rings is 1. The van der Waals surface area contributed by atoms with Crippen molar-refractivity contribution in [1.82, 2.24) is 20.3 Å². The summed E-state index contributed by atoms with van der Waals surface area (Å²) in [7, 11) is 0. The van der Waals surface area contributed by atoms with Gasteiger partial charge in [0, 0.05) is 19.6 Å². The summed E-state index contributed by atoms with van der Waals surface area (Å²) in [5.74, 6) is -0.825. The zero-order valence-corrected chi connectivity index (χ0v) is 20.6. The fraction of sp³-hybridized carbons (Fsp3) is 0.391. The van der Waals surface area contributed by atoms with E-state index in [0.29, 0.717) is 28.8 Å². The summed E-state index contributed by atoms with van der Waals surface area (Å²) < 4.78 is 0.770. The quantitative estimate of drug-likeness (QED) is 0.291. The van der Waals surface area contributed by atoms with Crippen LogP contribution in [-0.4, -0.2) is 81.9 Å². The lowest BCUT2D eigenvalue weighted by Crippen LogP contribution is -2.33. The van der Waals surface area contributed by atoms with E-state index >= 15 is 0 Å². The molecule has 0 radical (unpaired) electrons. The molecular weight excluding hydrogens is 500 g/mol. The molecule has 0 spiro atoms. The maximum atomic E-state index is 13.3. The van der Waals surface area contributed by atoms with Crippen molar-refractivity contribution in [2.24, 2.45) is 0 Å². The zero-order valence-electron chi connectivity index (χ0n) is 19.8. The van der Waals surface area contributed by atoms with E-state index < -0.39 is 23.9 Å². The second-order valence-corrected chi connectivity index (χ2v) is 9.72. The first-order valence-electron chi connectivity index (χ1n) is 11.9. The van der Waals surface area contributed by atoms with Crippen LogP contribution in [0.25, 0.3) is 10.3 Å². The lowest BCUT2D eigenvalue weighted by atomic mass is 10.1. The van der Waals surface area contributed by atoms with Crippen LogP contribution in [0, 0.1) is 0 Å². The third-order valence-electron chi connectivity index (χ3n) is 6.10. The van der Waals surface area contributed by atoms with E-state index in [9.17, 15) is 19.5 Å². The lowest BCUT2D eigenvalue weighted by molar-refractivity contribution is -0.138. The van der Waals surface area contributed by atoms with Gasteiger partial charge < -0.3 is 31.1 Å². The highest BCUT2D eigenvalue weighted by atomic mass is 32.1. The third kappa shape index (κ3) is 5.24. The van der Waals surface area contributed by atoms with E-state index in [1.807, 2.05) is 6.07 Å². The standard InChI is InChI=1S/C23H26N8O5S/c32-10-7-24-22-29-18-16(37-22)11-14(19(28-18)30-8-2-1-3-9-30)26-20(33)13-5-4-6-17(25-13)31-12-15(21(34)35)27-23(31)36/h4-6,11,15,32H,1-3,7-10,12H2,(H,26,33)(H,27,36)(H,34,35)(H,24,28,29). The fourth-order valence-corrected chi connectivity index (χ4v) is 5.17. The summed E-state index contributed by atoms with van der Waals surface area (Å²) in [5.41, 5.74) is 1.15. The molecule has 3 aromatic rings. The molecule has 0 saturated carbocycles. The Hall–Kier alpha value is -4.04. The number of hydrogen-bond donors (Lipinski definition) is 5. The molecule has 13 nitrogen and oxygen atoms in total. The van der Waals surface area contributed by atoms with Crippen LogP contribution in [0.2, 0.25) is 0 Å². The second kappa shape index (κ2) is 10.5. The van der Waals surface area contributed by atoms with Crippen molar-refractivity contribution in [2.45, 2.75) is 25.3 Å². The van der Waals surface area contributed by atoms with Gasteiger partial charge in [0.15, 0.2) is 16.6 Å². The molecule has 0 bridgehead atoms. The van der Waals surface area contributed by atoms with Gasteiger partial charge in [-0.3, -0.25) is 9.69 Å². The van der Waals surface area contributed by atoms with Gasteiger partial charge in [-0.2, -0.15) is 0 Å². The molecule has 3 amide bonds. The van der Waals surface area contributed by atoms with Crippen molar-refractivity contribution >= 4 is 62.0 Å². The largest absolute Gasteiger partial charge is 0.480 e. The number of aromatic nitrogens is 3. The molecule has 5 N–H and O–H groups in total. The van der Waals surface area contributed by atoms with Gasteiger partial charge in [0.25, 0.3) is 5.91 Å². The SMILES string of the molecule is O=C(Nc1cc2sc(NCCO)nc2nc1N1CCCCC1)c1cccc(N2CC(C(=O)O)NC2=O)n1. The molecule has 0 aromatic carbocycles. The van der Waals surface area contributed by atoms with Crippen LogP contribution in [0.3, 0.4) is 0 Å². The number of piperidine rings is 1. The molecule has 5 heterocycles. The molecular formula is C23H26N8O5S. The first kappa shape index (κ1) is 24.6. The molecule has 0 aliphatic carbocycles. The predicted octanol–water partition coefficient (Wildman–Crippen LogP) is 1.72. The van der Waals surface area contributed by atoms with Crippen LogP contribution in [0.1, 0.15) is 29.8 Å². The van der Waals surface area contributed by atoms with E-state index in [1.165, 1.54) is 22.3 Å². The predicted molar refractivity (Wildman–Crippen MR) is 139 cm³/mol. The number of carboxylic acids is 1. The van der Waals surface area contributed by atoms with Crippen LogP contribution in [0.4, 0.5) is 27.2 Å². The topological polar surface area (TPSA) is 173 Å². The number of anilines is 4. The van der Waals surface area contributed by atoms with E-state index in [2.05, 4.69) is 30.8 Å². The number of aliphatic carboxylic acids is 1. The number of hydrogen-bond acceptors (Lipinski definition) is 10. The number of carbonyl (C=O) groups is 3. The Kier molecular flexibility index (Phi) is 7.01. The average molecular weight is 527 g/mol. The number of urea groups is 1. The van der Waals surface area contributed by atoms with Gasteiger partial charge in [0.1, 0.15) is 17.6 Å². The van der Waals surface area contributed by atoms with E-state index in [4.69, 9.17) is 10.1 Å². The van der Waals surface area contributed by atoms with Gasteiger partial charge in [0.05, 0.1) is 23.5 Å². The maximum Gasteiger partial charge on any atom is 0.328 e. The van der Waals surface area contributed by atoms with Gasteiger partial charge in [0.2, 0.25) is 0 Å². The van der Waals surface area contributed by atoms with Crippen molar-refractivity contribution in [1.29, 1.82) is 0 Å². The monoisotopic (exact) mass is 526 g/mol. The molecule has 1 atom stereocenters. The summed E-state index contributed by atoms with van der Waals surface area (Å²) in [6, 6.07) is 4.86. The summed E-state index contributed by atoms with van der Waals surface area (Å²) in [6.07, 6.45) is 3.18. The molecule has 14 heteroatoms. The summed E-state index contributed by atoms with van der Waals surface area (Å²) in [4.78, 5) is 53.7. The maximum absolute atomic E-state index is 13.3. The Morgan fingerprint density at radius 2 is 1.97 bits per heavy atom. The van der Waals surface area contributed by atoms with Crippen LogP contribution in [-0.2, 0) is 4.79 Å². The Bertz CT molecular complexity index is 1340. The summed E-state index contributed by atoms with van der Waals surface area (Å²) in [6.45, 7) is 1.87. The number of fused-ring (bicyclic) bond motifs is 1. The molecule has 1 unspecified atom stereocenters. The second-order valence-electron chi connectivity index (χ2n) is 8.68. The van der Waals surface area contributed by atoms with Crippen molar-refractivity contribution in [3.8, 4) is 0 Å². The van der Waals surface area contributed by atoms with Gasteiger partial charge >= 0.3 is 12.0 Å². The van der Waals surface area contributed by atoms with Crippen LogP contribution < -0.4 is 25.8 Å². The molecule has 194 valence electrons. The molecule has 3 aromatic heterocycles. The number of nitrogens with zero attached hydrogens (tertiary/aromatic N) is 5. The normalized spacial score (nSPS) is 17.6. The van der Waals surface area contributed by atoms with E-state index in [0.717, 1.165) is 37.1 Å². The van der Waals surface area contributed by atoms with E-state index in [-0.39, 0.29) is 24.7 Å². The van der Waals surface area contributed by atoms with Gasteiger partial charge in [-0.1, -0.05) is 17.4 Å². The van der Waals surface area contributed by atoms with E-state index in [1.54, 1.807) is 12.1 Å². The van der Waals surface area contributed by atoms with Crippen LogP contribution >= 0.6 is 11.3 Å². The number of rotatable bonds is 8. The molecule has 2 fully saturated rings. The number of aliphatic hydroxyl groups is 1. The van der Waals surface area contributed by atoms with Crippen molar-refractivity contribution in [2.75, 3.05) is 53.2 Å². The van der Waals surface area contributed by atoms with Crippen molar-refractivity contribution < 1.29 is 24.6 Å². The summed E-state index contributed by atoms with van der Waals surface area (Å²) in [5, 5.41) is 27.3. The van der Waals surface area contributed by atoms with Crippen molar-refractivity contribution in [3.05, 3.63) is 30.0 Å². The first-order chi connectivity index (χ1) is 17.9. The highest BCUT2D eigenvalue weighted by molar-refractivity contribution is 7.22. The highest BCUT2D eigenvalue weighted by Gasteiger charge is 2.35. The molecule has 2 aliphatic rings. The Labute approximate surface area is 215 Å². The summed E-state index contributed by atoms with van der Waals surface area (Å²) >= 11 is 1.37. The minimum atomic E-state index is -1.14. The van der Waals surface area contributed by atoms with Gasteiger partial charge in [-0.25, -0.2) is 24.5 Å². The third-order valence-corrected chi connectivity index (χ3v) is 7.05. The highest BCUT2D eigenvalue weighted by Crippen LogP contribution is 2.34. The van der Waals surface area contributed by atoms with Crippen LogP contribution in [0.15, 0.2) is 24.3 Å². The Balaban J connectivity index is 1.43. The minimum absolute atomic E-state index is 0.0220. The van der Waals surface area contributed by atoms with Crippen LogP contribution in [0.5, 0.6) is 0 Å². The molecule has 5 rings (SSSR count). The number of nitrogens with one attached hydrogen (secondary N) is 3. The number of aliphatic hydroxyl groups excluding tert-OH is 1. The fourth-order valence-electron chi connectivity index (χ4n) is 4.29.